The number of amides is 1. The molecule has 2 fully saturated rings. The number of Topliss-reactive ketones (excluding diaryl/α,β-unsaturated/α-hetero) is 1. The first kappa shape index (κ1) is 15.4. The van der Waals surface area contributed by atoms with E-state index in [1.54, 1.807) is 6.92 Å². The lowest BCUT2D eigenvalue weighted by Gasteiger charge is -2.36. The topological polar surface area (TPSA) is 63.7 Å². The second kappa shape index (κ2) is 5.76. The number of hydrogen-bond acceptors (Lipinski definition) is 4. The standard InChI is InChI=1S/C14H21NO4S/c1-3-5-6-19-12(17)14(11(16)4-2)10-7-9(10)8-15(14)13(18)20/h9-10H,3-8H2,1-2H3,(H,18,20). The van der Waals surface area contributed by atoms with Crippen LogP contribution in [0.25, 0.3) is 0 Å². The van der Waals surface area contributed by atoms with Crippen LogP contribution >= 0.6 is 12.6 Å². The lowest BCUT2D eigenvalue weighted by Crippen LogP contribution is -2.60. The summed E-state index contributed by atoms with van der Waals surface area (Å²) in [7, 11) is 0. The van der Waals surface area contributed by atoms with Crippen molar-refractivity contribution in [2.24, 2.45) is 11.8 Å². The molecule has 0 radical (unpaired) electrons. The third-order valence-corrected chi connectivity index (χ3v) is 4.56. The van der Waals surface area contributed by atoms with E-state index in [0.29, 0.717) is 13.2 Å². The number of ether oxygens (including phenoxy) is 1. The molecule has 1 saturated carbocycles. The number of likely N-dealkylation sites (tertiary alicyclic amines) is 1. The SMILES string of the molecule is CCCCOC(=O)C1(C(=O)CC)C2CC2CN1C(=O)S. The van der Waals surface area contributed by atoms with E-state index in [-0.39, 0.29) is 24.0 Å². The van der Waals surface area contributed by atoms with E-state index < -0.39 is 16.7 Å². The van der Waals surface area contributed by atoms with E-state index in [0.717, 1.165) is 19.3 Å². The Morgan fingerprint density at radius 1 is 1.35 bits per heavy atom. The van der Waals surface area contributed by atoms with Gasteiger partial charge >= 0.3 is 5.97 Å². The summed E-state index contributed by atoms with van der Waals surface area (Å²) in [5.74, 6) is -0.642. The summed E-state index contributed by atoms with van der Waals surface area (Å²) in [5.41, 5.74) is -1.41. The number of carbonyl (C=O) groups excluding carboxylic acids is 3. The van der Waals surface area contributed by atoms with Gasteiger partial charge in [-0.2, -0.15) is 0 Å². The van der Waals surface area contributed by atoms with E-state index in [4.69, 9.17) is 4.74 Å². The van der Waals surface area contributed by atoms with Crippen molar-refractivity contribution in [3.8, 4) is 0 Å². The number of unbranched alkanes of at least 4 members (excludes halogenated alkanes) is 1. The van der Waals surface area contributed by atoms with Crippen LogP contribution in [-0.2, 0) is 14.3 Å². The van der Waals surface area contributed by atoms with E-state index in [1.807, 2.05) is 6.92 Å². The Morgan fingerprint density at radius 2 is 2.05 bits per heavy atom. The van der Waals surface area contributed by atoms with Gasteiger partial charge in [0, 0.05) is 18.9 Å². The Kier molecular flexibility index (Phi) is 4.42. The molecule has 5 nitrogen and oxygen atoms in total. The van der Waals surface area contributed by atoms with Crippen LogP contribution in [-0.4, -0.2) is 40.6 Å². The maximum absolute atomic E-state index is 12.5. The third kappa shape index (κ3) is 2.24. The number of ketones is 1. The zero-order valence-corrected chi connectivity index (χ0v) is 12.8. The average molecular weight is 299 g/mol. The smallest absolute Gasteiger partial charge is 0.340 e. The van der Waals surface area contributed by atoms with E-state index >= 15 is 0 Å². The van der Waals surface area contributed by atoms with Crippen LogP contribution in [0.15, 0.2) is 0 Å². The molecular weight excluding hydrogens is 278 g/mol. The van der Waals surface area contributed by atoms with Crippen molar-refractivity contribution in [2.45, 2.75) is 45.1 Å². The van der Waals surface area contributed by atoms with Gasteiger partial charge in [-0.1, -0.05) is 32.9 Å². The molecule has 112 valence electrons. The maximum atomic E-state index is 12.5. The molecule has 3 atom stereocenters. The fourth-order valence-corrected chi connectivity index (χ4v) is 3.43. The molecule has 0 bridgehead atoms. The van der Waals surface area contributed by atoms with Crippen LogP contribution in [0.4, 0.5) is 4.79 Å². The van der Waals surface area contributed by atoms with Crippen LogP contribution in [0.1, 0.15) is 39.5 Å². The Hall–Kier alpha value is -1.04. The highest BCUT2D eigenvalue weighted by molar-refractivity contribution is 7.96. The fourth-order valence-electron chi connectivity index (χ4n) is 3.19. The van der Waals surface area contributed by atoms with Gasteiger partial charge in [0.05, 0.1) is 6.61 Å². The second-order valence-electron chi connectivity index (χ2n) is 5.53. The van der Waals surface area contributed by atoms with Crippen LogP contribution in [0.2, 0.25) is 0 Å². The van der Waals surface area contributed by atoms with Gasteiger partial charge in [-0.3, -0.25) is 9.59 Å². The average Bonchev–Trinajstić information content (AvgIpc) is 3.11. The number of esters is 1. The first-order chi connectivity index (χ1) is 9.49. The highest BCUT2D eigenvalue weighted by Crippen LogP contribution is 2.57. The summed E-state index contributed by atoms with van der Waals surface area (Å²) < 4.78 is 5.28. The van der Waals surface area contributed by atoms with Gasteiger partial charge in [-0.05, 0) is 18.8 Å². The minimum absolute atomic E-state index is 0.0832. The molecule has 1 heterocycles. The zero-order chi connectivity index (χ0) is 14.9. The molecular formula is C14H21NO4S. The van der Waals surface area contributed by atoms with Crippen molar-refractivity contribution < 1.29 is 19.1 Å². The molecule has 0 aromatic carbocycles. The Labute approximate surface area is 124 Å². The minimum atomic E-state index is -1.41. The van der Waals surface area contributed by atoms with E-state index in [1.165, 1.54) is 4.90 Å². The number of fused-ring (bicyclic) bond motifs is 1. The van der Waals surface area contributed by atoms with Gasteiger partial charge in [-0.15, -0.1) is 0 Å². The zero-order valence-electron chi connectivity index (χ0n) is 11.9. The van der Waals surface area contributed by atoms with Crippen molar-refractivity contribution in [3.05, 3.63) is 0 Å². The Balaban J connectivity index is 2.27. The van der Waals surface area contributed by atoms with Gasteiger partial charge in [-0.25, -0.2) is 4.79 Å². The highest BCUT2D eigenvalue weighted by atomic mass is 32.1. The van der Waals surface area contributed by atoms with Gasteiger partial charge in [0.1, 0.15) is 0 Å². The first-order valence-electron chi connectivity index (χ1n) is 7.21. The molecule has 2 rings (SSSR count). The van der Waals surface area contributed by atoms with Crippen LogP contribution in [0, 0.1) is 11.8 Å². The minimum Gasteiger partial charge on any atom is -0.464 e. The molecule has 1 aliphatic carbocycles. The van der Waals surface area contributed by atoms with Crippen molar-refractivity contribution in [1.29, 1.82) is 0 Å². The normalized spacial score (nSPS) is 30.9. The summed E-state index contributed by atoms with van der Waals surface area (Å²) >= 11 is 3.83. The predicted molar refractivity (Wildman–Crippen MR) is 76.6 cm³/mol. The number of piperidine rings is 1. The first-order valence-corrected chi connectivity index (χ1v) is 7.65. The van der Waals surface area contributed by atoms with Gasteiger partial charge in [0.2, 0.25) is 5.54 Å². The Morgan fingerprint density at radius 3 is 2.60 bits per heavy atom. The molecule has 0 spiro atoms. The van der Waals surface area contributed by atoms with E-state index in [9.17, 15) is 14.4 Å². The third-order valence-electron chi connectivity index (χ3n) is 4.32. The van der Waals surface area contributed by atoms with Gasteiger partial charge < -0.3 is 9.64 Å². The molecule has 6 heteroatoms. The summed E-state index contributed by atoms with van der Waals surface area (Å²) in [6.07, 6.45) is 2.68. The van der Waals surface area contributed by atoms with Crippen molar-refractivity contribution in [2.75, 3.05) is 13.2 Å². The molecule has 20 heavy (non-hydrogen) atoms. The number of rotatable bonds is 6. The lowest BCUT2D eigenvalue weighted by atomic mass is 9.86. The quantitative estimate of drug-likeness (QED) is 0.353. The van der Waals surface area contributed by atoms with Gasteiger partial charge in [0.15, 0.2) is 5.78 Å². The predicted octanol–water partition coefficient (Wildman–Crippen LogP) is 2.05. The Bertz CT molecular complexity index is 439. The maximum Gasteiger partial charge on any atom is 0.340 e. The van der Waals surface area contributed by atoms with Crippen LogP contribution in [0.3, 0.4) is 0 Å². The summed E-state index contributed by atoms with van der Waals surface area (Å²) in [5, 5.41) is -0.522. The van der Waals surface area contributed by atoms with Gasteiger partial charge in [0.25, 0.3) is 5.24 Å². The fraction of sp³-hybridized carbons (Fsp3) is 0.786. The largest absolute Gasteiger partial charge is 0.464 e. The van der Waals surface area contributed by atoms with E-state index in [2.05, 4.69) is 12.6 Å². The summed E-state index contributed by atoms with van der Waals surface area (Å²) in [6, 6.07) is 0. The molecule has 3 unspecified atom stereocenters. The van der Waals surface area contributed by atoms with Crippen molar-refractivity contribution >= 4 is 29.6 Å². The molecule has 0 aromatic heterocycles. The number of hydrogen-bond donors (Lipinski definition) is 1. The molecule has 0 aromatic rings. The summed E-state index contributed by atoms with van der Waals surface area (Å²) in [6.45, 7) is 4.43. The highest BCUT2D eigenvalue weighted by Gasteiger charge is 2.71. The number of carbonyl (C=O) groups is 3. The number of nitrogens with zero attached hydrogens (tertiary/aromatic N) is 1. The lowest BCUT2D eigenvalue weighted by molar-refractivity contribution is -0.161. The molecule has 1 amide bonds. The molecule has 0 N–H and O–H groups in total. The monoisotopic (exact) mass is 299 g/mol. The summed E-state index contributed by atoms with van der Waals surface area (Å²) in [4.78, 5) is 38.0. The second-order valence-corrected chi connectivity index (χ2v) is 5.91. The molecule has 1 aliphatic heterocycles. The van der Waals surface area contributed by atoms with Crippen LogP contribution < -0.4 is 0 Å². The molecule has 1 saturated heterocycles. The number of thiol groups is 1. The van der Waals surface area contributed by atoms with Crippen molar-refractivity contribution in [1.82, 2.24) is 4.90 Å². The van der Waals surface area contributed by atoms with Crippen molar-refractivity contribution in [3.63, 3.8) is 0 Å². The van der Waals surface area contributed by atoms with Crippen LogP contribution in [0.5, 0.6) is 0 Å². The molecule has 2 aliphatic rings.